The molecule has 7 heteroatoms. The van der Waals surface area contributed by atoms with Crippen LogP contribution < -0.4 is 19.5 Å². The highest BCUT2D eigenvalue weighted by Gasteiger charge is 2.08. The molecule has 150 valence electrons. The van der Waals surface area contributed by atoms with Crippen molar-refractivity contribution in [1.29, 1.82) is 0 Å². The zero-order chi connectivity index (χ0) is 20.6. The largest absolute Gasteiger partial charge is 0.497 e. The molecule has 0 aliphatic heterocycles. The highest BCUT2D eigenvalue weighted by molar-refractivity contribution is 5.91. The van der Waals surface area contributed by atoms with Crippen molar-refractivity contribution in [2.24, 2.45) is 0 Å². The van der Waals surface area contributed by atoms with Crippen LogP contribution in [-0.2, 0) is 11.3 Å². The average molecular weight is 394 g/mol. The summed E-state index contributed by atoms with van der Waals surface area (Å²) in [6.45, 7) is 0.259. The summed E-state index contributed by atoms with van der Waals surface area (Å²) in [6, 6.07) is 14.7. The van der Waals surface area contributed by atoms with E-state index in [-0.39, 0.29) is 12.5 Å². The van der Waals surface area contributed by atoms with Crippen LogP contribution in [0.1, 0.15) is 11.3 Å². The second-order valence-corrected chi connectivity index (χ2v) is 6.08. The summed E-state index contributed by atoms with van der Waals surface area (Å²) < 4.78 is 20.9. The summed E-state index contributed by atoms with van der Waals surface area (Å²) in [4.78, 5) is 12.1. The number of benzene rings is 2. The molecule has 1 aromatic heterocycles. The summed E-state index contributed by atoms with van der Waals surface area (Å²) >= 11 is 0. The number of rotatable bonds is 8. The average Bonchev–Trinajstić information content (AvgIpc) is 3.25. The highest BCUT2D eigenvalue weighted by atomic mass is 16.5. The van der Waals surface area contributed by atoms with E-state index in [1.807, 2.05) is 30.3 Å². The molecule has 1 heterocycles. The Balaban J connectivity index is 1.57. The second kappa shape index (κ2) is 9.45. The van der Waals surface area contributed by atoms with Gasteiger partial charge in [-0.25, -0.2) is 0 Å². The number of methoxy groups -OCH3 is 3. The lowest BCUT2D eigenvalue weighted by Gasteiger charge is -2.07. The van der Waals surface area contributed by atoms with Gasteiger partial charge in [0.15, 0.2) is 17.3 Å². The molecule has 0 aliphatic carbocycles. The summed E-state index contributed by atoms with van der Waals surface area (Å²) in [5, 5.41) is 6.77. The molecular formula is C22H22N2O5. The molecule has 0 fully saturated rings. The molecule has 0 radical (unpaired) electrons. The first-order chi connectivity index (χ1) is 14.1. The fraction of sp³-hybridized carbons (Fsp3) is 0.182. The molecule has 29 heavy (non-hydrogen) atoms. The number of carbonyl (C=O) groups excluding carboxylic acids is 1. The third-order valence-electron chi connectivity index (χ3n) is 4.21. The molecule has 0 bridgehead atoms. The van der Waals surface area contributed by atoms with Gasteiger partial charge < -0.3 is 24.1 Å². The van der Waals surface area contributed by atoms with Crippen LogP contribution in [0.25, 0.3) is 17.4 Å². The summed E-state index contributed by atoms with van der Waals surface area (Å²) in [7, 11) is 4.75. The summed E-state index contributed by atoms with van der Waals surface area (Å²) in [6.07, 6.45) is 3.15. The molecule has 0 spiro atoms. The van der Waals surface area contributed by atoms with Gasteiger partial charge in [-0.05, 0) is 48.0 Å². The van der Waals surface area contributed by atoms with Gasteiger partial charge in [0.05, 0.1) is 27.9 Å². The molecule has 2 aromatic carbocycles. The van der Waals surface area contributed by atoms with Crippen LogP contribution in [0.2, 0.25) is 0 Å². The van der Waals surface area contributed by atoms with Crippen LogP contribution in [0, 0.1) is 0 Å². The summed E-state index contributed by atoms with van der Waals surface area (Å²) in [5.74, 6) is 2.38. The lowest BCUT2D eigenvalue weighted by molar-refractivity contribution is -0.116. The first kappa shape index (κ1) is 20.0. The maximum absolute atomic E-state index is 12.1. The Hall–Kier alpha value is -3.74. The minimum Gasteiger partial charge on any atom is -0.497 e. The predicted octanol–water partition coefficient (Wildman–Crippen LogP) is 3.70. The Morgan fingerprint density at radius 1 is 1.00 bits per heavy atom. The van der Waals surface area contributed by atoms with Gasteiger partial charge in [0, 0.05) is 17.7 Å². The first-order valence-corrected chi connectivity index (χ1v) is 8.91. The van der Waals surface area contributed by atoms with Crippen molar-refractivity contribution in [3.8, 4) is 28.6 Å². The van der Waals surface area contributed by atoms with E-state index >= 15 is 0 Å². The van der Waals surface area contributed by atoms with Crippen molar-refractivity contribution >= 4 is 12.0 Å². The Labute approximate surface area is 168 Å². The zero-order valence-electron chi connectivity index (χ0n) is 16.5. The van der Waals surface area contributed by atoms with Gasteiger partial charge in [-0.15, -0.1) is 0 Å². The third kappa shape index (κ3) is 5.16. The predicted molar refractivity (Wildman–Crippen MR) is 109 cm³/mol. The van der Waals surface area contributed by atoms with Crippen molar-refractivity contribution in [2.75, 3.05) is 21.3 Å². The maximum atomic E-state index is 12.1. The van der Waals surface area contributed by atoms with Gasteiger partial charge in [-0.2, -0.15) is 0 Å². The van der Waals surface area contributed by atoms with Crippen LogP contribution in [0.5, 0.6) is 17.2 Å². The van der Waals surface area contributed by atoms with E-state index in [2.05, 4.69) is 10.5 Å². The topological polar surface area (TPSA) is 82.8 Å². The van der Waals surface area contributed by atoms with E-state index in [0.29, 0.717) is 23.0 Å². The molecule has 7 nitrogen and oxygen atoms in total. The van der Waals surface area contributed by atoms with Crippen LogP contribution in [0.15, 0.2) is 59.1 Å². The summed E-state index contributed by atoms with van der Waals surface area (Å²) in [5.41, 5.74) is 2.33. The number of hydrogen-bond donors (Lipinski definition) is 1. The van der Waals surface area contributed by atoms with E-state index < -0.39 is 0 Å². The van der Waals surface area contributed by atoms with E-state index in [1.54, 1.807) is 45.6 Å². The van der Waals surface area contributed by atoms with Crippen molar-refractivity contribution in [1.82, 2.24) is 10.5 Å². The number of nitrogens with zero attached hydrogens (tertiary/aromatic N) is 1. The van der Waals surface area contributed by atoms with Crippen LogP contribution in [0.4, 0.5) is 0 Å². The molecule has 0 aliphatic rings. The van der Waals surface area contributed by atoms with E-state index in [0.717, 1.165) is 16.9 Å². The smallest absolute Gasteiger partial charge is 0.244 e. The van der Waals surface area contributed by atoms with Crippen molar-refractivity contribution < 1.29 is 23.5 Å². The van der Waals surface area contributed by atoms with Crippen LogP contribution in [-0.4, -0.2) is 32.4 Å². The molecule has 3 aromatic rings. The Morgan fingerprint density at radius 3 is 2.45 bits per heavy atom. The number of hydrogen-bond acceptors (Lipinski definition) is 6. The Kier molecular flexibility index (Phi) is 6.52. The molecule has 1 amide bonds. The SMILES string of the molecule is COc1ccc(-c2cc(CNC(=O)/C=C\c3ccc(OC)c(OC)c3)no2)cc1. The number of amides is 1. The first-order valence-electron chi connectivity index (χ1n) is 8.91. The quantitative estimate of drug-likeness (QED) is 0.587. The van der Waals surface area contributed by atoms with Gasteiger partial charge in [0.2, 0.25) is 5.91 Å². The van der Waals surface area contributed by atoms with Crippen LogP contribution >= 0.6 is 0 Å². The van der Waals surface area contributed by atoms with Crippen molar-refractivity contribution in [3.63, 3.8) is 0 Å². The monoisotopic (exact) mass is 394 g/mol. The normalized spacial score (nSPS) is 10.7. The van der Waals surface area contributed by atoms with E-state index in [9.17, 15) is 4.79 Å². The van der Waals surface area contributed by atoms with Gasteiger partial charge in [0.25, 0.3) is 0 Å². The number of ether oxygens (including phenoxy) is 3. The van der Waals surface area contributed by atoms with Crippen molar-refractivity contribution in [2.45, 2.75) is 6.54 Å². The maximum Gasteiger partial charge on any atom is 0.244 e. The standard InChI is InChI=1S/C22H22N2O5/c1-26-18-8-6-16(7-9-18)20-13-17(24-29-20)14-23-22(25)11-5-15-4-10-19(27-2)21(12-15)28-3/h4-13H,14H2,1-3H3,(H,23,25)/b11-5-. The molecular weight excluding hydrogens is 372 g/mol. The second-order valence-electron chi connectivity index (χ2n) is 6.08. The van der Waals surface area contributed by atoms with E-state index in [4.69, 9.17) is 18.7 Å². The lowest BCUT2D eigenvalue weighted by atomic mass is 10.1. The van der Waals surface area contributed by atoms with Crippen LogP contribution in [0.3, 0.4) is 0 Å². The number of nitrogens with one attached hydrogen (secondary N) is 1. The highest BCUT2D eigenvalue weighted by Crippen LogP contribution is 2.28. The molecule has 0 saturated heterocycles. The Bertz CT molecular complexity index is 993. The number of aromatic nitrogens is 1. The van der Waals surface area contributed by atoms with Gasteiger partial charge in [0.1, 0.15) is 11.4 Å². The van der Waals surface area contributed by atoms with Crippen molar-refractivity contribution in [3.05, 3.63) is 65.9 Å². The molecule has 1 N–H and O–H groups in total. The molecule has 0 saturated carbocycles. The molecule has 0 unspecified atom stereocenters. The zero-order valence-corrected chi connectivity index (χ0v) is 16.5. The molecule has 0 atom stereocenters. The van der Waals surface area contributed by atoms with Gasteiger partial charge in [-0.3, -0.25) is 4.79 Å². The van der Waals surface area contributed by atoms with E-state index in [1.165, 1.54) is 6.08 Å². The minimum absolute atomic E-state index is 0.242. The fourth-order valence-electron chi connectivity index (χ4n) is 2.65. The third-order valence-corrected chi connectivity index (χ3v) is 4.21. The fourth-order valence-corrected chi connectivity index (χ4v) is 2.65. The van der Waals surface area contributed by atoms with Gasteiger partial charge >= 0.3 is 0 Å². The minimum atomic E-state index is -0.242. The van der Waals surface area contributed by atoms with Gasteiger partial charge in [-0.1, -0.05) is 11.2 Å². The Morgan fingerprint density at radius 2 is 1.76 bits per heavy atom. The molecule has 3 rings (SSSR count). The number of carbonyl (C=O) groups is 1. The lowest BCUT2D eigenvalue weighted by Crippen LogP contribution is -2.20.